The van der Waals surface area contributed by atoms with Crippen LogP contribution in [-0.4, -0.2) is 40.2 Å². The third kappa shape index (κ3) is 5.18. The molecule has 0 aromatic carbocycles. The minimum Gasteiger partial charge on any atom is -0.391 e. The predicted octanol–water partition coefficient (Wildman–Crippen LogP) is 0.851. The smallest absolute Gasteiger partial charge is 0.330 e. The van der Waals surface area contributed by atoms with Crippen molar-refractivity contribution in [1.82, 2.24) is 5.32 Å². The molecule has 1 saturated heterocycles. The van der Waals surface area contributed by atoms with E-state index in [1.54, 1.807) is 0 Å². The highest BCUT2D eigenvalue weighted by atomic mass is 79.9. The number of ether oxygens (including phenoxy) is 1. The molecule has 0 radical (unpaired) electrons. The number of carbonyl (C=O) groups excluding carboxylic acids is 3. The van der Waals surface area contributed by atoms with E-state index in [1.165, 1.54) is 6.92 Å². The van der Waals surface area contributed by atoms with Gasteiger partial charge < -0.3 is 10.1 Å². The highest BCUT2D eigenvalue weighted by Gasteiger charge is 2.28. The number of hydrogen-bond acceptors (Lipinski definition) is 6. The second kappa shape index (κ2) is 7.13. The van der Waals surface area contributed by atoms with Gasteiger partial charge in [0.15, 0.2) is 5.12 Å². The summed E-state index contributed by atoms with van der Waals surface area (Å²) in [5.41, 5.74) is 0. The third-order valence-corrected chi connectivity index (χ3v) is 4.27. The first-order valence-corrected chi connectivity index (χ1v) is 7.17. The van der Waals surface area contributed by atoms with E-state index in [4.69, 9.17) is 4.74 Å². The highest BCUT2D eigenvalue weighted by molar-refractivity contribution is 9.10. The molecule has 0 spiro atoms. The van der Waals surface area contributed by atoms with Crippen LogP contribution in [0.1, 0.15) is 19.8 Å². The van der Waals surface area contributed by atoms with Crippen molar-refractivity contribution < 1.29 is 19.1 Å². The van der Waals surface area contributed by atoms with Crippen LogP contribution in [0, 0.1) is 0 Å². The van der Waals surface area contributed by atoms with E-state index in [9.17, 15) is 14.4 Å². The first-order chi connectivity index (χ1) is 8.00. The number of hydrogen-bond donors (Lipinski definition) is 1. The normalized spacial score (nSPS) is 20.9. The zero-order valence-corrected chi connectivity index (χ0v) is 11.8. The zero-order chi connectivity index (χ0) is 12.8. The Morgan fingerprint density at radius 2 is 2.24 bits per heavy atom. The van der Waals surface area contributed by atoms with Crippen molar-refractivity contribution in [2.45, 2.75) is 30.6 Å². The largest absolute Gasteiger partial charge is 0.391 e. The fourth-order valence-corrected chi connectivity index (χ4v) is 2.39. The van der Waals surface area contributed by atoms with Crippen molar-refractivity contribution in [3.63, 3.8) is 0 Å². The number of rotatable bonds is 4. The summed E-state index contributed by atoms with van der Waals surface area (Å²) in [5, 5.41) is 2.87. The van der Waals surface area contributed by atoms with Crippen molar-refractivity contribution in [1.29, 1.82) is 0 Å². The molecule has 7 heteroatoms. The van der Waals surface area contributed by atoms with E-state index >= 15 is 0 Å². The number of thioether (sulfide) groups is 1. The summed E-state index contributed by atoms with van der Waals surface area (Å²) in [5.74, 6) is -0.915. The van der Waals surface area contributed by atoms with E-state index in [0.717, 1.165) is 24.7 Å². The molecule has 17 heavy (non-hydrogen) atoms. The summed E-state index contributed by atoms with van der Waals surface area (Å²) in [6.07, 6.45) is 1.60. The molecule has 0 aromatic heterocycles. The minimum absolute atomic E-state index is 0.0777. The molecule has 1 rings (SSSR count). The topological polar surface area (TPSA) is 72.5 Å². The molecule has 1 heterocycles. The van der Waals surface area contributed by atoms with Crippen molar-refractivity contribution in [2.75, 3.05) is 12.3 Å². The summed E-state index contributed by atoms with van der Waals surface area (Å²) < 4.78 is 4.72. The van der Waals surface area contributed by atoms with Crippen LogP contribution in [0.4, 0.5) is 0 Å². The summed E-state index contributed by atoms with van der Waals surface area (Å²) in [4.78, 5) is 33.1. The molecule has 0 amide bonds. The minimum atomic E-state index is -0.641. The van der Waals surface area contributed by atoms with E-state index in [2.05, 4.69) is 21.2 Å². The van der Waals surface area contributed by atoms with Gasteiger partial charge in [-0.05, 0) is 19.4 Å². The first kappa shape index (κ1) is 14.7. The van der Waals surface area contributed by atoms with Crippen LogP contribution in [0.25, 0.3) is 0 Å². The number of alkyl halides is 1. The summed E-state index contributed by atoms with van der Waals surface area (Å²) in [6, 6.07) is -0.376. The van der Waals surface area contributed by atoms with E-state index < -0.39 is 16.8 Å². The van der Waals surface area contributed by atoms with Gasteiger partial charge >= 0.3 is 11.9 Å². The summed E-state index contributed by atoms with van der Waals surface area (Å²) in [6.45, 7) is 2.19. The number of carbonyl (C=O) groups is 3. The van der Waals surface area contributed by atoms with Gasteiger partial charge in [-0.15, -0.1) is 0 Å². The standard InChI is InChI=1S/C10H14BrNO4S/c1-6(13)17-5-7(11)9(14)16-10(15)8-3-2-4-12-8/h7-8,12H,2-5H2,1H3/t7?,8-/m0/s1. The Labute approximate surface area is 112 Å². The Hall–Kier alpha value is -0.400. The fraction of sp³-hybridized carbons (Fsp3) is 0.700. The molecular formula is C10H14BrNO4S. The van der Waals surface area contributed by atoms with Gasteiger partial charge in [-0.1, -0.05) is 27.7 Å². The highest BCUT2D eigenvalue weighted by Crippen LogP contribution is 2.14. The Balaban J connectivity index is 2.31. The van der Waals surface area contributed by atoms with Gasteiger partial charge in [-0.3, -0.25) is 9.59 Å². The second-order valence-corrected chi connectivity index (χ2v) is 5.96. The van der Waals surface area contributed by atoms with Crippen molar-refractivity contribution in [2.24, 2.45) is 0 Å². The molecule has 96 valence electrons. The van der Waals surface area contributed by atoms with Crippen LogP contribution in [0.15, 0.2) is 0 Å². The van der Waals surface area contributed by atoms with Crippen molar-refractivity contribution >= 4 is 44.7 Å². The summed E-state index contributed by atoms with van der Waals surface area (Å²) >= 11 is 4.10. The maximum absolute atomic E-state index is 11.5. The maximum Gasteiger partial charge on any atom is 0.330 e. The van der Waals surface area contributed by atoms with Gasteiger partial charge in [0.05, 0.1) is 0 Å². The SMILES string of the molecule is CC(=O)SCC(Br)C(=O)OC(=O)[C@@H]1CCCN1. The quantitative estimate of drug-likeness (QED) is 0.470. The van der Waals surface area contributed by atoms with Gasteiger partial charge in [0.1, 0.15) is 10.9 Å². The second-order valence-electron chi connectivity index (χ2n) is 3.66. The summed E-state index contributed by atoms with van der Waals surface area (Å²) in [7, 11) is 0. The van der Waals surface area contributed by atoms with Crippen LogP contribution >= 0.6 is 27.7 Å². The third-order valence-electron chi connectivity index (χ3n) is 2.23. The molecule has 0 saturated carbocycles. The average Bonchev–Trinajstić information content (AvgIpc) is 2.78. The molecule has 2 atom stereocenters. The van der Waals surface area contributed by atoms with Gasteiger partial charge in [-0.2, -0.15) is 0 Å². The molecule has 0 aliphatic carbocycles. The molecule has 5 nitrogen and oxygen atoms in total. The predicted molar refractivity (Wildman–Crippen MR) is 68.0 cm³/mol. The van der Waals surface area contributed by atoms with Crippen LogP contribution < -0.4 is 5.32 Å². The number of esters is 2. The van der Waals surface area contributed by atoms with E-state index in [0.29, 0.717) is 6.42 Å². The Bertz CT molecular complexity index is 317. The Kier molecular flexibility index (Phi) is 6.15. The molecule has 1 fully saturated rings. The zero-order valence-electron chi connectivity index (χ0n) is 9.40. The molecule has 1 N–H and O–H groups in total. The molecule has 1 aliphatic rings. The van der Waals surface area contributed by atoms with Crippen LogP contribution in [0.2, 0.25) is 0 Å². The molecule has 0 aromatic rings. The lowest BCUT2D eigenvalue weighted by atomic mass is 10.2. The first-order valence-electron chi connectivity index (χ1n) is 5.27. The van der Waals surface area contributed by atoms with Crippen LogP contribution in [0.3, 0.4) is 0 Å². The molecule has 1 unspecified atom stereocenters. The van der Waals surface area contributed by atoms with Crippen LogP contribution in [-0.2, 0) is 19.1 Å². The lowest BCUT2D eigenvalue weighted by Crippen LogP contribution is -2.35. The Morgan fingerprint density at radius 1 is 1.53 bits per heavy atom. The average molecular weight is 324 g/mol. The fourth-order valence-electron chi connectivity index (χ4n) is 1.38. The molecule has 1 aliphatic heterocycles. The maximum atomic E-state index is 11.5. The Morgan fingerprint density at radius 3 is 2.76 bits per heavy atom. The number of halogens is 1. The van der Waals surface area contributed by atoms with Crippen LogP contribution in [0.5, 0.6) is 0 Å². The lowest BCUT2D eigenvalue weighted by molar-refractivity contribution is -0.160. The van der Waals surface area contributed by atoms with Crippen molar-refractivity contribution in [3.05, 3.63) is 0 Å². The van der Waals surface area contributed by atoms with Crippen molar-refractivity contribution in [3.8, 4) is 0 Å². The lowest BCUT2D eigenvalue weighted by Gasteiger charge is -2.11. The van der Waals surface area contributed by atoms with Gasteiger partial charge in [0.25, 0.3) is 0 Å². The molecular weight excluding hydrogens is 310 g/mol. The monoisotopic (exact) mass is 323 g/mol. The molecule has 0 bridgehead atoms. The van der Waals surface area contributed by atoms with Gasteiger partial charge in [-0.25, -0.2) is 4.79 Å². The van der Waals surface area contributed by atoms with Gasteiger partial charge in [0, 0.05) is 12.7 Å². The van der Waals surface area contributed by atoms with E-state index in [1.807, 2.05) is 0 Å². The van der Waals surface area contributed by atoms with E-state index in [-0.39, 0.29) is 16.9 Å². The van der Waals surface area contributed by atoms with Gasteiger partial charge in [0.2, 0.25) is 0 Å². The number of nitrogens with one attached hydrogen (secondary N) is 1.